The van der Waals surface area contributed by atoms with Gasteiger partial charge in [0.2, 0.25) is 0 Å². The Labute approximate surface area is 161 Å². The highest BCUT2D eigenvalue weighted by molar-refractivity contribution is 5.79. The molecule has 8 nitrogen and oxygen atoms in total. The third kappa shape index (κ3) is 6.34. The summed E-state index contributed by atoms with van der Waals surface area (Å²) in [6, 6.07) is 4.08. The molecule has 2 fully saturated rings. The van der Waals surface area contributed by atoms with E-state index in [4.69, 9.17) is 14.2 Å². The lowest BCUT2D eigenvalue weighted by Crippen LogP contribution is -2.39. The smallest absolute Gasteiger partial charge is 0.191 e. The number of pyridine rings is 1. The molecule has 27 heavy (non-hydrogen) atoms. The Bertz CT molecular complexity index is 586. The minimum Gasteiger partial charge on any atom is -0.379 e. The third-order valence-electron chi connectivity index (χ3n) is 4.70. The molecule has 2 N–H and O–H groups in total. The Morgan fingerprint density at radius 3 is 2.96 bits per heavy atom. The third-order valence-corrected chi connectivity index (χ3v) is 4.70. The van der Waals surface area contributed by atoms with Crippen molar-refractivity contribution in [3.05, 3.63) is 23.9 Å². The van der Waals surface area contributed by atoms with Crippen molar-refractivity contribution in [3.8, 4) is 0 Å². The standard InChI is InChI=1S/C19H31N5O3/c1-20-19(22-7-3-10-27-17-5-11-26-15-17)23-14-16-4-2-6-21-18(16)24-8-12-25-13-9-24/h2,4,6,17H,3,5,7-15H2,1H3,(H2,20,22,23). The van der Waals surface area contributed by atoms with Crippen LogP contribution in [0.15, 0.2) is 23.3 Å². The van der Waals surface area contributed by atoms with Crippen molar-refractivity contribution in [3.63, 3.8) is 0 Å². The van der Waals surface area contributed by atoms with Crippen molar-refractivity contribution in [2.24, 2.45) is 4.99 Å². The van der Waals surface area contributed by atoms with Crippen molar-refractivity contribution in [2.75, 3.05) is 64.6 Å². The van der Waals surface area contributed by atoms with Crippen molar-refractivity contribution >= 4 is 11.8 Å². The summed E-state index contributed by atoms with van der Waals surface area (Å²) >= 11 is 0. The van der Waals surface area contributed by atoms with E-state index in [0.717, 1.165) is 82.9 Å². The molecule has 2 aliphatic rings. The molecule has 1 unspecified atom stereocenters. The number of aromatic nitrogens is 1. The van der Waals surface area contributed by atoms with Crippen molar-refractivity contribution in [1.29, 1.82) is 0 Å². The molecule has 2 aliphatic heterocycles. The molecule has 3 rings (SSSR count). The van der Waals surface area contributed by atoms with Crippen LogP contribution < -0.4 is 15.5 Å². The van der Waals surface area contributed by atoms with Gasteiger partial charge in [-0.3, -0.25) is 4.99 Å². The van der Waals surface area contributed by atoms with Crippen LogP contribution in [-0.2, 0) is 20.8 Å². The molecule has 0 radical (unpaired) electrons. The predicted octanol–water partition coefficient (Wildman–Crippen LogP) is 0.779. The Balaban J connectivity index is 1.40. The van der Waals surface area contributed by atoms with Gasteiger partial charge in [-0.1, -0.05) is 6.07 Å². The van der Waals surface area contributed by atoms with E-state index < -0.39 is 0 Å². The summed E-state index contributed by atoms with van der Waals surface area (Å²) in [4.78, 5) is 11.2. The SMILES string of the molecule is CN=C(NCCCOC1CCOC1)NCc1cccnc1N1CCOCC1. The molecule has 8 heteroatoms. The summed E-state index contributed by atoms with van der Waals surface area (Å²) in [5, 5.41) is 6.72. The van der Waals surface area contributed by atoms with Gasteiger partial charge in [0.1, 0.15) is 5.82 Å². The van der Waals surface area contributed by atoms with Gasteiger partial charge >= 0.3 is 0 Å². The highest BCUT2D eigenvalue weighted by Crippen LogP contribution is 2.18. The zero-order chi connectivity index (χ0) is 18.7. The second-order valence-corrected chi connectivity index (χ2v) is 6.65. The molecule has 0 spiro atoms. The number of rotatable bonds is 8. The first kappa shape index (κ1) is 19.9. The van der Waals surface area contributed by atoms with Crippen LogP contribution in [0.2, 0.25) is 0 Å². The van der Waals surface area contributed by atoms with Gasteiger partial charge in [0.05, 0.1) is 25.9 Å². The lowest BCUT2D eigenvalue weighted by Gasteiger charge is -2.29. The summed E-state index contributed by atoms with van der Waals surface area (Å²) < 4.78 is 16.5. The molecular weight excluding hydrogens is 346 g/mol. The normalized spacial score (nSPS) is 20.7. The molecule has 2 saturated heterocycles. The van der Waals surface area contributed by atoms with Gasteiger partial charge in [0.15, 0.2) is 5.96 Å². The summed E-state index contributed by atoms with van der Waals surface area (Å²) in [7, 11) is 1.79. The molecule has 1 aromatic rings. The minimum atomic E-state index is 0.270. The van der Waals surface area contributed by atoms with E-state index in [9.17, 15) is 0 Å². The summed E-state index contributed by atoms with van der Waals surface area (Å²) in [6.07, 6.45) is 4.05. The van der Waals surface area contributed by atoms with Gasteiger partial charge in [-0.05, 0) is 18.9 Å². The van der Waals surface area contributed by atoms with E-state index in [1.807, 2.05) is 12.3 Å². The molecule has 3 heterocycles. The second kappa shape index (κ2) is 11.1. The van der Waals surface area contributed by atoms with Gasteiger partial charge in [0.25, 0.3) is 0 Å². The van der Waals surface area contributed by atoms with Crippen LogP contribution in [0, 0.1) is 0 Å². The number of morpholine rings is 1. The number of hydrogen-bond donors (Lipinski definition) is 2. The summed E-state index contributed by atoms with van der Waals surface area (Å²) in [5.74, 6) is 1.81. The Morgan fingerprint density at radius 2 is 2.19 bits per heavy atom. The van der Waals surface area contributed by atoms with Crippen LogP contribution >= 0.6 is 0 Å². The van der Waals surface area contributed by atoms with Gasteiger partial charge in [-0.2, -0.15) is 0 Å². The monoisotopic (exact) mass is 377 g/mol. The van der Waals surface area contributed by atoms with Gasteiger partial charge in [-0.25, -0.2) is 4.98 Å². The predicted molar refractivity (Wildman–Crippen MR) is 105 cm³/mol. The Hall–Kier alpha value is -1.90. The fourth-order valence-electron chi connectivity index (χ4n) is 3.20. The Kier molecular flexibility index (Phi) is 8.13. The van der Waals surface area contributed by atoms with E-state index >= 15 is 0 Å². The minimum absolute atomic E-state index is 0.270. The van der Waals surface area contributed by atoms with Crippen LogP contribution in [0.25, 0.3) is 0 Å². The first-order chi connectivity index (χ1) is 13.4. The van der Waals surface area contributed by atoms with E-state index in [2.05, 4.69) is 31.6 Å². The zero-order valence-corrected chi connectivity index (χ0v) is 16.2. The van der Waals surface area contributed by atoms with Gasteiger partial charge < -0.3 is 29.7 Å². The highest BCUT2D eigenvalue weighted by atomic mass is 16.5. The fourth-order valence-corrected chi connectivity index (χ4v) is 3.20. The van der Waals surface area contributed by atoms with Crippen molar-refractivity contribution < 1.29 is 14.2 Å². The largest absolute Gasteiger partial charge is 0.379 e. The van der Waals surface area contributed by atoms with E-state index in [-0.39, 0.29) is 6.10 Å². The van der Waals surface area contributed by atoms with Crippen molar-refractivity contribution in [2.45, 2.75) is 25.5 Å². The summed E-state index contributed by atoms with van der Waals surface area (Å²) in [6.45, 7) is 7.04. The number of hydrogen-bond acceptors (Lipinski definition) is 6. The fraction of sp³-hybridized carbons (Fsp3) is 0.684. The average Bonchev–Trinajstić information content (AvgIpc) is 3.24. The average molecular weight is 377 g/mol. The molecule has 0 saturated carbocycles. The molecule has 1 aromatic heterocycles. The van der Waals surface area contributed by atoms with Gasteiger partial charge in [0, 0.05) is 58.2 Å². The second-order valence-electron chi connectivity index (χ2n) is 6.65. The first-order valence-corrected chi connectivity index (χ1v) is 9.77. The number of ether oxygens (including phenoxy) is 3. The number of anilines is 1. The van der Waals surface area contributed by atoms with Crippen LogP contribution in [0.3, 0.4) is 0 Å². The number of nitrogens with one attached hydrogen (secondary N) is 2. The zero-order valence-electron chi connectivity index (χ0n) is 16.2. The molecule has 150 valence electrons. The molecule has 0 aromatic carbocycles. The molecule has 0 amide bonds. The molecule has 0 bridgehead atoms. The highest BCUT2D eigenvalue weighted by Gasteiger charge is 2.16. The number of aliphatic imine (C=N–C) groups is 1. The lowest BCUT2D eigenvalue weighted by atomic mass is 10.2. The molecular formula is C19H31N5O3. The summed E-state index contributed by atoms with van der Waals surface area (Å²) in [5.41, 5.74) is 1.16. The number of nitrogens with zero attached hydrogens (tertiary/aromatic N) is 3. The van der Waals surface area contributed by atoms with E-state index in [1.165, 1.54) is 0 Å². The Morgan fingerprint density at radius 1 is 1.30 bits per heavy atom. The van der Waals surface area contributed by atoms with Gasteiger partial charge in [-0.15, -0.1) is 0 Å². The first-order valence-electron chi connectivity index (χ1n) is 9.77. The number of guanidine groups is 1. The maximum Gasteiger partial charge on any atom is 0.191 e. The molecule has 0 aliphatic carbocycles. The van der Waals surface area contributed by atoms with Crippen LogP contribution in [0.4, 0.5) is 5.82 Å². The van der Waals surface area contributed by atoms with Crippen LogP contribution in [0.1, 0.15) is 18.4 Å². The maximum atomic E-state index is 5.78. The van der Waals surface area contributed by atoms with Crippen LogP contribution in [-0.4, -0.2) is 76.8 Å². The van der Waals surface area contributed by atoms with E-state index in [0.29, 0.717) is 6.54 Å². The topological polar surface area (TPSA) is 80.2 Å². The maximum absolute atomic E-state index is 5.78. The van der Waals surface area contributed by atoms with Crippen LogP contribution in [0.5, 0.6) is 0 Å². The van der Waals surface area contributed by atoms with E-state index in [1.54, 1.807) is 7.05 Å². The van der Waals surface area contributed by atoms with Crippen molar-refractivity contribution in [1.82, 2.24) is 15.6 Å². The molecule has 1 atom stereocenters. The quantitative estimate of drug-likeness (QED) is 0.394. The lowest BCUT2D eigenvalue weighted by molar-refractivity contribution is 0.0420.